The quantitative estimate of drug-likeness (QED) is 0.596. The zero-order chi connectivity index (χ0) is 12.0. The summed E-state index contributed by atoms with van der Waals surface area (Å²) >= 11 is 6.31. The predicted molar refractivity (Wildman–Crippen MR) is 68.7 cm³/mol. The van der Waals surface area contributed by atoms with Gasteiger partial charge in [-0.1, -0.05) is 33.1 Å². The average molecular weight is 246 g/mol. The van der Waals surface area contributed by atoms with Crippen molar-refractivity contribution in [3.63, 3.8) is 0 Å². The third-order valence-corrected chi connectivity index (χ3v) is 4.14. The molecule has 1 aliphatic rings. The summed E-state index contributed by atoms with van der Waals surface area (Å²) in [5, 5.41) is 3.27. The first-order valence-corrected chi connectivity index (χ1v) is 7.07. The van der Waals surface area contributed by atoms with Crippen LogP contribution in [-0.2, 0) is 4.79 Å². The van der Waals surface area contributed by atoms with Gasteiger partial charge in [-0.05, 0) is 25.7 Å². The summed E-state index contributed by atoms with van der Waals surface area (Å²) in [7, 11) is 0. The van der Waals surface area contributed by atoms with Gasteiger partial charge in [0, 0.05) is 12.0 Å². The number of nitrogens with one attached hydrogen (secondary N) is 1. The van der Waals surface area contributed by atoms with Gasteiger partial charge >= 0.3 is 0 Å². The van der Waals surface area contributed by atoms with E-state index in [-0.39, 0.29) is 23.2 Å². The Hall–Kier alpha value is -0.240. The number of halogens is 1. The van der Waals surface area contributed by atoms with Crippen LogP contribution in [0.1, 0.15) is 58.8 Å². The van der Waals surface area contributed by atoms with Crippen LogP contribution < -0.4 is 5.32 Å². The smallest absolute Gasteiger partial charge is 0.223 e. The molecule has 0 aliphatic heterocycles. The molecule has 94 valence electrons. The van der Waals surface area contributed by atoms with Gasteiger partial charge in [-0.25, -0.2) is 0 Å². The Balaban J connectivity index is 2.47. The van der Waals surface area contributed by atoms with E-state index < -0.39 is 0 Å². The maximum atomic E-state index is 12.0. The van der Waals surface area contributed by atoms with E-state index in [1.165, 1.54) is 19.3 Å². The van der Waals surface area contributed by atoms with Gasteiger partial charge in [0.25, 0.3) is 0 Å². The first-order valence-electron chi connectivity index (χ1n) is 6.63. The Morgan fingerprint density at radius 1 is 1.25 bits per heavy atom. The molecule has 1 saturated carbocycles. The van der Waals surface area contributed by atoms with Crippen LogP contribution >= 0.6 is 11.6 Å². The van der Waals surface area contributed by atoms with E-state index in [0.29, 0.717) is 0 Å². The van der Waals surface area contributed by atoms with E-state index in [9.17, 15) is 4.79 Å². The van der Waals surface area contributed by atoms with Crippen molar-refractivity contribution in [3.8, 4) is 0 Å². The van der Waals surface area contributed by atoms with Crippen LogP contribution in [0.2, 0.25) is 0 Å². The van der Waals surface area contributed by atoms with E-state index in [4.69, 9.17) is 11.6 Å². The van der Waals surface area contributed by atoms with Crippen LogP contribution in [0, 0.1) is 5.92 Å². The lowest BCUT2D eigenvalue weighted by atomic mass is 10.0. The number of hydrogen-bond acceptors (Lipinski definition) is 1. The van der Waals surface area contributed by atoms with Crippen molar-refractivity contribution in [2.24, 2.45) is 5.92 Å². The number of carbonyl (C=O) groups is 1. The molecule has 0 saturated heterocycles. The molecule has 1 rings (SSSR count). The normalized spacial score (nSPS) is 26.5. The van der Waals surface area contributed by atoms with Crippen LogP contribution in [0.3, 0.4) is 0 Å². The molecule has 3 heteroatoms. The molecule has 1 fully saturated rings. The predicted octanol–water partition coefficient (Wildman–Crippen LogP) is 3.48. The Labute approximate surface area is 104 Å². The highest BCUT2D eigenvalue weighted by atomic mass is 35.5. The number of carbonyl (C=O) groups excluding carboxylic acids is 1. The highest BCUT2D eigenvalue weighted by molar-refractivity contribution is 6.21. The summed E-state index contributed by atoms with van der Waals surface area (Å²) in [5.41, 5.74) is 0. The lowest BCUT2D eigenvalue weighted by Gasteiger charge is -2.23. The lowest BCUT2D eigenvalue weighted by Crippen LogP contribution is -2.43. The Morgan fingerprint density at radius 2 is 1.88 bits per heavy atom. The monoisotopic (exact) mass is 245 g/mol. The molecular weight excluding hydrogens is 222 g/mol. The third-order valence-electron chi connectivity index (χ3n) is 3.62. The highest BCUT2D eigenvalue weighted by Gasteiger charge is 2.25. The fourth-order valence-corrected chi connectivity index (χ4v) is 2.73. The average Bonchev–Trinajstić information content (AvgIpc) is 2.46. The van der Waals surface area contributed by atoms with Crippen molar-refractivity contribution in [3.05, 3.63) is 0 Å². The fraction of sp³-hybridized carbons (Fsp3) is 0.923. The second-order valence-electron chi connectivity index (χ2n) is 4.78. The van der Waals surface area contributed by atoms with Gasteiger partial charge in [0.05, 0.1) is 5.38 Å². The molecule has 2 atom stereocenters. The second-order valence-corrected chi connectivity index (χ2v) is 5.34. The van der Waals surface area contributed by atoms with Crippen LogP contribution in [-0.4, -0.2) is 17.3 Å². The first kappa shape index (κ1) is 13.8. The van der Waals surface area contributed by atoms with E-state index in [2.05, 4.69) is 19.2 Å². The molecule has 2 unspecified atom stereocenters. The van der Waals surface area contributed by atoms with Gasteiger partial charge in [-0.15, -0.1) is 11.6 Å². The minimum absolute atomic E-state index is 0.126. The number of hydrogen-bond donors (Lipinski definition) is 1. The third kappa shape index (κ3) is 3.97. The van der Waals surface area contributed by atoms with Gasteiger partial charge in [0.2, 0.25) is 5.91 Å². The molecule has 0 aromatic heterocycles. The second kappa shape index (κ2) is 7.16. The molecule has 2 nitrogen and oxygen atoms in total. The van der Waals surface area contributed by atoms with Crippen LogP contribution in [0.4, 0.5) is 0 Å². The van der Waals surface area contributed by atoms with Crippen molar-refractivity contribution in [1.29, 1.82) is 0 Å². The topological polar surface area (TPSA) is 29.1 Å². The van der Waals surface area contributed by atoms with Crippen LogP contribution in [0.5, 0.6) is 0 Å². The van der Waals surface area contributed by atoms with Gasteiger partial charge in [0.15, 0.2) is 0 Å². The van der Waals surface area contributed by atoms with E-state index in [0.717, 1.165) is 25.7 Å². The maximum absolute atomic E-state index is 12.0. The highest BCUT2D eigenvalue weighted by Crippen LogP contribution is 2.23. The summed E-state index contributed by atoms with van der Waals surface area (Å²) in [6.45, 7) is 4.14. The van der Waals surface area contributed by atoms with Crippen molar-refractivity contribution < 1.29 is 4.79 Å². The zero-order valence-corrected chi connectivity index (χ0v) is 11.2. The standard InChI is InChI=1S/C13H24ClNO/c1-3-10(4-2)13(16)15-12-9-7-5-6-8-11(12)14/h10-12H,3-9H2,1-2H3,(H,15,16). The Morgan fingerprint density at radius 3 is 2.50 bits per heavy atom. The molecular formula is C13H24ClNO. The van der Waals surface area contributed by atoms with E-state index >= 15 is 0 Å². The van der Waals surface area contributed by atoms with Crippen molar-refractivity contribution in [2.75, 3.05) is 0 Å². The Bertz CT molecular complexity index is 216. The summed E-state index contributed by atoms with van der Waals surface area (Å²) < 4.78 is 0. The van der Waals surface area contributed by atoms with Gasteiger partial charge in [0.1, 0.15) is 0 Å². The van der Waals surface area contributed by atoms with Gasteiger partial charge in [-0.2, -0.15) is 0 Å². The molecule has 0 bridgehead atoms. The fourth-order valence-electron chi connectivity index (χ4n) is 2.39. The van der Waals surface area contributed by atoms with Gasteiger partial charge < -0.3 is 5.32 Å². The van der Waals surface area contributed by atoms with Crippen LogP contribution in [0.25, 0.3) is 0 Å². The molecule has 0 aromatic carbocycles. The SMILES string of the molecule is CCC(CC)C(=O)NC1CCCCCC1Cl. The molecule has 0 aromatic rings. The molecule has 16 heavy (non-hydrogen) atoms. The number of amides is 1. The summed E-state index contributed by atoms with van der Waals surface area (Å²) in [6.07, 6.45) is 7.56. The van der Waals surface area contributed by atoms with Crippen LogP contribution in [0.15, 0.2) is 0 Å². The minimum Gasteiger partial charge on any atom is -0.352 e. The Kier molecular flexibility index (Phi) is 6.18. The molecule has 1 N–H and O–H groups in total. The first-order chi connectivity index (χ1) is 7.69. The molecule has 0 radical (unpaired) electrons. The molecule has 0 heterocycles. The lowest BCUT2D eigenvalue weighted by molar-refractivity contribution is -0.126. The number of rotatable bonds is 4. The van der Waals surface area contributed by atoms with Crippen molar-refractivity contribution in [1.82, 2.24) is 5.32 Å². The molecule has 1 amide bonds. The molecule has 0 spiro atoms. The van der Waals surface area contributed by atoms with E-state index in [1.807, 2.05) is 0 Å². The van der Waals surface area contributed by atoms with Crippen molar-refractivity contribution in [2.45, 2.75) is 70.2 Å². The molecule has 1 aliphatic carbocycles. The summed E-state index contributed by atoms with van der Waals surface area (Å²) in [6, 6.07) is 0.192. The minimum atomic E-state index is 0.126. The zero-order valence-electron chi connectivity index (χ0n) is 10.5. The van der Waals surface area contributed by atoms with Gasteiger partial charge in [-0.3, -0.25) is 4.79 Å². The van der Waals surface area contributed by atoms with Crippen molar-refractivity contribution >= 4 is 17.5 Å². The maximum Gasteiger partial charge on any atom is 0.223 e. The summed E-state index contributed by atoms with van der Waals surface area (Å²) in [5.74, 6) is 0.356. The summed E-state index contributed by atoms with van der Waals surface area (Å²) in [4.78, 5) is 12.0. The van der Waals surface area contributed by atoms with E-state index in [1.54, 1.807) is 0 Å². The largest absolute Gasteiger partial charge is 0.352 e. The number of alkyl halides is 1.